The highest BCUT2D eigenvalue weighted by atomic mass is 16.1. The van der Waals surface area contributed by atoms with Gasteiger partial charge in [0.25, 0.3) is 0 Å². The van der Waals surface area contributed by atoms with Crippen LogP contribution in [0.1, 0.15) is 49.8 Å². The number of hydrogen-bond donors (Lipinski definition) is 2. The van der Waals surface area contributed by atoms with Crippen LogP contribution in [0.2, 0.25) is 0 Å². The van der Waals surface area contributed by atoms with Crippen molar-refractivity contribution in [2.45, 2.75) is 44.7 Å². The molecule has 3 nitrogen and oxygen atoms in total. The number of rotatable bonds is 5. The molecular weight excluding hydrogens is 212 g/mol. The summed E-state index contributed by atoms with van der Waals surface area (Å²) in [6.07, 6.45) is 2.53. The van der Waals surface area contributed by atoms with E-state index in [4.69, 9.17) is 5.73 Å². The van der Waals surface area contributed by atoms with E-state index in [2.05, 4.69) is 17.4 Å². The van der Waals surface area contributed by atoms with Crippen LogP contribution in [0, 0.1) is 0 Å². The molecule has 1 amide bonds. The Kier molecular flexibility index (Phi) is 3.48. The molecule has 1 fully saturated rings. The van der Waals surface area contributed by atoms with Gasteiger partial charge in [0.05, 0.1) is 0 Å². The van der Waals surface area contributed by atoms with Crippen LogP contribution in [0.25, 0.3) is 0 Å². The van der Waals surface area contributed by atoms with Crippen LogP contribution in [-0.2, 0) is 4.79 Å². The highest BCUT2D eigenvalue weighted by molar-refractivity contribution is 5.81. The summed E-state index contributed by atoms with van der Waals surface area (Å²) < 4.78 is 0. The largest absolute Gasteiger partial charge is 0.368 e. The molecule has 0 saturated heterocycles. The van der Waals surface area contributed by atoms with Gasteiger partial charge in [0, 0.05) is 6.04 Å². The number of nitrogens with one attached hydrogen (secondary N) is 1. The summed E-state index contributed by atoms with van der Waals surface area (Å²) in [5.41, 5.74) is 7.77. The lowest BCUT2D eigenvalue weighted by Crippen LogP contribution is -2.37. The third-order valence-corrected chi connectivity index (χ3v) is 3.08. The van der Waals surface area contributed by atoms with Gasteiger partial charge >= 0.3 is 0 Å². The van der Waals surface area contributed by atoms with Crippen LogP contribution in [0.4, 0.5) is 0 Å². The minimum Gasteiger partial charge on any atom is -0.368 e. The first-order valence-electron chi connectivity index (χ1n) is 6.23. The lowest BCUT2D eigenvalue weighted by atomic mass is 10.0. The number of nitrogens with two attached hydrogens (primary N) is 1. The van der Waals surface area contributed by atoms with Gasteiger partial charge in [0.15, 0.2) is 0 Å². The van der Waals surface area contributed by atoms with Gasteiger partial charge in [0.2, 0.25) is 5.91 Å². The lowest BCUT2D eigenvalue weighted by molar-refractivity contribution is -0.120. The number of amides is 1. The third-order valence-electron chi connectivity index (χ3n) is 3.08. The fourth-order valence-electron chi connectivity index (χ4n) is 2.09. The monoisotopic (exact) mass is 232 g/mol. The Labute approximate surface area is 102 Å². The molecule has 0 spiro atoms. The molecular formula is C14H20N2O. The van der Waals surface area contributed by atoms with Crippen LogP contribution in [0.15, 0.2) is 24.3 Å². The van der Waals surface area contributed by atoms with E-state index in [1.165, 1.54) is 18.4 Å². The van der Waals surface area contributed by atoms with Gasteiger partial charge in [-0.25, -0.2) is 0 Å². The van der Waals surface area contributed by atoms with E-state index in [9.17, 15) is 4.79 Å². The second kappa shape index (κ2) is 4.88. The Morgan fingerprint density at radius 3 is 2.65 bits per heavy atom. The SMILES string of the molecule is CC(C)NC(C(N)=O)c1cccc(C2CC2)c1. The van der Waals surface area contributed by atoms with Crippen LogP contribution in [0.5, 0.6) is 0 Å². The van der Waals surface area contributed by atoms with Crippen molar-refractivity contribution in [3.63, 3.8) is 0 Å². The molecule has 1 atom stereocenters. The fourth-order valence-corrected chi connectivity index (χ4v) is 2.09. The zero-order valence-electron chi connectivity index (χ0n) is 10.4. The molecule has 1 unspecified atom stereocenters. The van der Waals surface area contributed by atoms with Crippen molar-refractivity contribution in [3.8, 4) is 0 Å². The standard InChI is InChI=1S/C14H20N2O/c1-9(2)16-13(14(15)17)12-5-3-4-11(8-12)10-6-7-10/h3-5,8-10,13,16H,6-7H2,1-2H3,(H2,15,17). The van der Waals surface area contributed by atoms with Gasteiger partial charge in [-0.2, -0.15) is 0 Å². The normalized spacial score (nSPS) is 17.1. The average Bonchev–Trinajstić information content (AvgIpc) is 3.09. The molecule has 0 aliphatic heterocycles. The van der Waals surface area contributed by atoms with E-state index in [1.807, 2.05) is 26.0 Å². The fraction of sp³-hybridized carbons (Fsp3) is 0.500. The molecule has 1 saturated carbocycles. The summed E-state index contributed by atoms with van der Waals surface area (Å²) in [5.74, 6) is 0.383. The van der Waals surface area contributed by atoms with Gasteiger partial charge in [-0.3, -0.25) is 10.1 Å². The summed E-state index contributed by atoms with van der Waals surface area (Å²) in [6, 6.07) is 8.08. The van der Waals surface area contributed by atoms with Crippen molar-refractivity contribution in [1.29, 1.82) is 0 Å². The second-order valence-electron chi connectivity index (χ2n) is 5.10. The minimum absolute atomic E-state index is 0.233. The first-order valence-corrected chi connectivity index (χ1v) is 6.23. The second-order valence-corrected chi connectivity index (χ2v) is 5.10. The van der Waals surface area contributed by atoms with Gasteiger partial charge in [-0.15, -0.1) is 0 Å². The summed E-state index contributed by atoms with van der Waals surface area (Å²) in [6.45, 7) is 4.03. The van der Waals surface area contributed by atoms with E-state index in [0.29, 0.717) is 5.92 Å². The maximum Gasteiger partial charge on any atom is 0.239 e. The third kappa shape index (κ3) is 3.07. The molecule has 3 N–H and O–H groups in total. The summed E-state index contributed by atoms with van der Waals surface area (Å²) in [4.78, 5) is 11.5. The van der Waals surface area contributed by atoms with Crippen LogP contribution in [-0.4, -0.2) is 11.9 Å². The molecule has 1 aliphatic rings. The summed E-state index contributed by atoms with van der Waals surface area (Å²) in [7, 11) is 0. The Balaban J connectivity index is 2.22. The highest BCUT2D eigenvalue weighted by Gasteiger charge is 2.25. The Morgan fingerprint density at radius 1 is 1.41 bits per heavy atom. The molecule has 0 heterocycles. The van der Waals surface area contributed by atoms with Crippen molar-refractivity contribution < 1.29 is 4.79 Å². The molecule has 1 aromatic rings. The number of carbonyl (C=O) groups excluding carboxylic acids is 1. The number of carbonyl (C=O) groups is 1. The van der Waals surface area contributed by atoms with Crippen LogP contribution in [0.3, 0.4) is 0 Å². The first kappa shape index (κ1) is 12.1. The number of primary amides is 1. The van der Waals surface area contributed by atoms with Crippen molar-refractivity contribution in [1.82, 2.24) is 5.32 Å². The van der Waals surface area contributed by atoms with Crippen LogP contribution < -0.4 is 11.1 Å². The summed E-state index contributed by atoms with van der Waals surface area (Å²) >= 11 is 0. The molecule has 3 heteroatoms. The predicted molar refractivity (Wildman–Crippen MR) is 68.6 cm³/mol. The lowest BCUT2D eigenvalue weighted by Gasteiger charge is -2.19. The Hall–Kier alpha value is -1.35. The molecule has 0 bridgehead atoms. The maximum absolute atomic E-state index is 11.5. The Morgan fingerprint density at radius 2 is 2.12 bits per heavy atom. The Bertz CT molecular complexity index is 410. The van der Waals surface area contributed by atoms with E-state index in [0.717, 1.165) is 5.56 Å². The molecule has 17 heavy (non-hydrogen) atoms. The highest BCUT2D eigenvalue weighted by Crippen LogP contribution is 2.40. The van der Waals surface area contributed by atoms with Crippen molar-refractivity contribution in [2.24, 2.45) is 5.73 Å². The van der Waals surface area contributed by atoms with Crippen molar-refractivity contribution in [2.75, 3.05) is 0 Å². The molecule has 0 radical (unpaired) electrons. The van der Waals surface area contributed by atoms with E-state index in [-0.39, 0.29) is 18.0 Å². The maximum atomic E-state index is 11.5. The predicted octanol–water partition coefficient (Wildman–Crippen LogP) is 2.09. The molecule has 0 aromatic heterocycles. The van der Waals surface area contributed by atoms with E-state index >= 15 is 0 Å². The van der Waals surface area contributed by atoms with Gasteiger partial charge in [-0.05, 0) is 43.7 Å². The zero-order chi connectivity index (χ0) is 12.4. The smallest absolute Gasteiger partial charge is 0.239 e. The van der Waals surface area contributed by atoms with Crippen molar-refractivity contribution in [3.05, 3.63) is 35.4 Å². The van der Waals surface area contributed by atoms with E-state index < -0.39 is 0 Å². The number of hydrogen-bond acceptors (Lipinski definition) is 2. The molecule has 92 valence electrons. The molecule has 1 aromatic carbocycles. The van der Waals surface area contributed by atoms with E-state index in [1.54, 1.807) is 0 Å². The van der Waals surface area contributed by atoms with Crippen molar-refractivity contribution >= 4 is 5.91 Å². The van der Waals surface area contributed by atoms with Gasteiger partial charge < -0.3 is 5.73 Å². The zero-order valence-corrected chi connectivity index (χ0v) is 10.4. The first-order chi connectivity index (χ1) is 8.08. The quantitative estimate of drug-likeness (QED) is 0.816. The minimum atomic E-state index is -0.381. The van der Waals surface area contributed by atoms with Crippen LogP contribution >= 0.6 is 0 Å². The number of benzene rings is 1. The van der Waals surface area contributed by atoms with Gasteiger partial charge in [0.1, 0.15) is 6.04 Å². The molecule has 2 rings (SSSR count). The summed E-state index contributed by atoms with van der Waals surface area (Å²) in [5, 5.41) is 3.21. The van der Waals surface area contributed by atoms with Gasteiger partial charge in [-0.1, -0.05) is 24.3 Å². The topological polar surface area (TPSA) is 55.1 Å². The average molecular weight is 232 g/mol. The molecule has 1 aliphatic carbocycles.